The van der Waals surface area contributed by atoms with E-state index < -0.39 is 35.8 Å². The normalized spacial score (nSPS) is 7.09. The molecule has 0 aliphatic rings. The van der Waals surface area contributed by atoms with Crippen LogP contribution in [-0.2, 0) is 28.8 Å². The molecule has 33 heavy (non-hydrogen) atoms. The molecule has 1 aromatic rings. The Bertz CT molecular complexity index is 560. The second-order valence-electron chi connectivity index (χ2n) is 4.52. The largest absolute Gasteiger partial charge is 0.481 e. The lowest BCUT2D eigenvalue weighted by Crippen LogP contribution is -2.05. The van der Waals surface area contributed by atoms with E-state index in [1.165, 1.54) is 0 Å². The molecule has 0 spiro atoms. The molecule has 18 nitrogen and oxygen atoms in total. The van der Waals surface area contributed by atoms with E-state index in [4.69, 9.17) is 76.6 Å². The van der Waals surface area contributed by atoms with E-state index in [0.717, 1.165) is 41.5 Å². The van der Waals surface area contributed by atoms with Crippen LogP contribution in [0, 0.1) is 0 Å². The highest BCUT2D eigenvalue weighted by Crippen LogP contribution is 1.97. The molecule has 0 radical (unpaired) electrons. The van der Waals surface area contributed by atoms with Gasteiger partial charge in [0.25, 0.3) is 35.8 Å². The molecular formula is C15H30N6O12. The molecule has 12 N–H and O–H groups in total. The Morgan fingerprint density at radius 1 is 0.424 bits per heavy atom. The van der Waals surface area contributed by atoms with E-state index in [0.29, 0.717) is 0 Å². The smallest absolute Gasteiger partial charge is 0.300 e. The molecule has 18 heteroatoms. The van der Waals surface area contributed by atoms with Gasteiger partial charge in [0.15, 0.2) is 0 Å². The summed E-state index contributed by atoms with van der Waals surface area (Å²) >= 11 is 0. The predicted molar refractivity (Wildman–Crippen MR) is 113 cm³/mol. The minimum Gasteiger partial charge on any atom is -0.481 e. The predicted octanol–water partition coefficient (Wildman–Crippen LogP) is -0.836. The van der Waals surface area contributed by atoms with Crippen LogP contribution in [0.5, 0.6) is 0 Å². The van der Waals surface area contributed by atoms with Crippen LogP contribution in [0.2, 0.25) is 0 Å². The number of hydrogen-bond acceptors (Lipinski definition) is 12. The van der Waals surface area contributed by atoms with Crippen LogP contribution in [0.25, 0.3) is 0 Å². The summed E-state index contributed by atoms with van der Waals surface area (Å²) in [5.74, 6) is -4.87. The molecule has 0 aliphatic carbocycles. The first-order valence-corrected chi connectivity index (χ1v) is 7.77. The van der Waals surface area contributed by atoms with Crippen LogP contribution in [0.15, 0.2) is 0 Å². The van der Waals surface area contributed by atoms with Gasteiger partial charge in [-0.1, -0.05) is 0 Å². The lowest BCUT2D eigenvalue weighted by molar-refractivity contribution is -0.135. The van der Waals surface area contributed by atoms with Gasteiger partial charge in [0.05, 0.1) is 0 Å². The van der Waals surface area contributed by atoms with Crippen LogP contribution in [-0.4, -0.2) is 81.4 Å². The number of carbonyl (C=O) groups is 6. The van der Waals surface area contributed by atoms with Crippen LogP contribution in [0.4, 0.5) is 17.8 Å². The van der Waals surface area contributed by atoms with Gasteiger partial charge >= 0.3 is 0 Å². The molecule has 0 amide bonds. The van der Waals surface area contributed by atoms with E-state index in [1.54, 1.807) is 0 Å². The number of anilines is 3. The average molecular weight is 486 g/mol. The maximum absolute atomic E-state index is 9.00. The van der Waals surface area contributed by atoms with Gasteiger partial charge < -0.3 is 47.8 Å². The zero-order chi connectivity index (χ0) is 28.3. The summed E-state index contributed by atoms with van der Waals surface area (Å²) in [6, 6.07) is 0. The molecule has 192 valence electrons. The van der Waals surface area contributed by atoms with E-state index >= 15 is 0 Å². The number of aliphatic carboxylic acids is 6. The summed E-state index contributed by atoms with van der Waals surface area (Å²) in [4.78, 5) is 64.5. The van der Waals surface area contributed by atoms with Gasteiger partial charge in [-0.05, 0) is 0 Å². The molecular weight excluding hydrogens is 456 g/mol. The summed E-state index contributed by atoms with van der Waals surface area (Å²) in [6.45, 7) is 6.50. The summed E-state index contributed by atoms with van der Waals surface area (Å²) in [5.41, 5.74) is 15.4. The van der Waals surface area contributed by atoms with Gasteiger partial charge in [-0.3, -0.25) is 28.8 Å². The van der Waals surface area contributed by atoms with E-state index in [9.17, 15) is 0 Å². The molecule has 0 bridgehead atoms. The first kappa shape index (κ1) is 42.4. The maximum Gasteiger partial charge on any atom is 0.300 e. The van der Waals surface area contributed by atoms with Gasteiger partial charge in [-0.15, -0.1) is 0 Å². The van der Waals surface area contributed by atoms with E-state index in [2.05, 4.69) is 15.0 Å². The highest BCUT2D eigenvalue weighted by Gasteiger charge is 1.93. The lowest BCUT2D eigenvalue weighted by Gasteiger charge is -1.93. The Morgan fingerprint density at radius 3 is 0.545 bits per heavy atom. The summed E-state index contributed by atoms with van der Waals surface area (Å²) in [5, 5.41) is 44.5. The number of aromatic nitrogens is 3. The van der Waals surface area contributed by atoms with Crippen molar-refractivity contribution in [2.75, 3.05) is 17.2 Å². The molecule has 1 heterocycles. The summed E-state index contributed by atoms with van der Waals surface area (Å²) < 4.78 is 0. The fourth-order valence-corrected chi connectivity index (χ4v) is 0.427. The SMILES string of the molecule is CC(=O)O.CC(=O)O.CC(=O)O.CC(=O)O.CC(=O)O.CC(=O)O.Nc1nc(N)nc(N)n1. The molecule has 0 saturated carbocycles. The number of carboxylic acids is 6. The highest BCUT2D eigenvalue weighted by atomic mass is 16.4. The topological polar surface area (TPSA) is 341 Å². The van der Waals surface area contributed by atoms with Gasteiger partial charge in [-0.25, -0.2) is 0 Å². The van der Waals surface area contributed by atoms with Crippen LogP contribution in [0.1, 0.15) is 41.5 Å². The van der Waals surface area contributed by atoms with Gasteiger partial charge in [0.2, 0.25) is 17.8 Å². The third-order valence-electron chi connectivity index (χ3n) is 0.687. The van der Waals surface area contributed by atoms with Crippen LogP contribution < -0.4 is 17.2 Å². The molecule has 0 saturated heterocycles. The van der Waals surface area contributed by atoms with E-state index in [-0.39, 0.29) is 17.8 Å². The minimum absolute atomic E-state index is 0.0417. The zero-order valence-electron chi connectivity index (χ0n) is 18.7. The Kier molecular flexibility index (Phi) is 37.8. The fourth-order valence-electron chi connectivity index (χ4n) is 0.427. The number of rotatable bonds is 0. The number of nitrogens with two attached hydrogens (primary N) is 3. The van der Waals surface area contributed by atoms with Crippen molar-refractivity contribution in [2.45, 2.75) is 41.5 Å². The quantitative estimate of drug-likeness (QED) is 0.215. The Morgan fingerprint density at radius 2 is 0.485 bits per heavy atom. The van der Waals surface area contributed by atoms with Crippen molar-refractivity contribution < 1.29 is 59.4 Å². The Balaban J connectivity index is -0.0000000672. The average Bonchev–Trinajstić information content (AvgIpc) is 2.41. The first-order chi connectivity index (χ1) is 14.6. The van der Waals surface area contributed by atoms with Crippen molar-refractivity contribution in [1.82, 2.24) is 15.0 Å². The zero-order valence-corrected chi connectivity index (χ0v) is 18.7. The molecule has 1 rings (SSSR count). The van der Waals surface area contributed by atoms with Crippen molar-refractivity contribution in [3.05, 3.63) is 0 Å². The molecule has 0 unspecified atom stereocenters. The van der Waals surface area contributed by atoms with Crippen molar-refractivity contribution >= 4 is 53.7 Å². The van der Waals surface area contributed by atoms with Crippen LogP contribution >= 0.6 is 0 Å². The fraction of sp³-hybridized carbons (Fsp3) is 0.400. The Labute approximate surface area is 187 Å². The van der Waals surface area contributed by atoms with Crippen molar-refractivity contribution in [3.8, 4) is 0 Å². The minimum atomic E-state index is -0.833. The second kappa shape index (κ2) is 29.4. The molecule has 0 aromatic carbocycles. The van der Waals surface area contributed by atoms with Crippen molar-refractivity contribution in [3.63, 3.8) is 0 Å². The molecule has 1 aromatic heterocycles. The van der Waals surface area contributed by atoms with Crippen LogP contribution in [0.3, 0.4) is 0 Å². The number of carboxylic acid groups (broad SMARTS) is 6. The summed E-state index contributed by atoms with van der Waals surface area (Å²) in [7, 11) is 0. The standard InChI is InChI=1S/C3H6N6.6C2H4O2/c4-1-7-2(5)9-3(6)8-1;6*1-2(3)4/h(H6,4,5,6,7,8,9);6*1H3,(H,3,4). The monoisotopic (exact) mass is 486 g/mol. The molecule has 0 atom stereocenters. The number of nitrogens with zero attached hydrogens (tertiary/aromatic N) is 3. The molecule has 0 aliphatic heterocycles. The van der Waals surface area contributed by atoms with Crippen molar-refractivity contribution in [1.29, 1.82) is 0 Å². The molecule has 0 fully saturated rings. The van der Waals surface area contributed by atoms with Gasteiger partial charge in [0, 0.05) is 41.5 Å². The first-order valence-electron chi connectivity index (χ1n) is 7.77. The maximum atomic E-state index is 9.00. The lowest BCUT2D eigenvalue weighted by atomic mass is 10.9. The van der Waals surface area contributed by atoms with Crippen molar-refractivity contribution in [2.24, 2.45) is 0 Å². The third-order valence-corrected chi connectivity index (χ3v) is 0.687. The highest BCUT2D eigenvalue weighted by molar-refractivity contribution is 5.64. The number of hydrogen-bond donors (Lipinski definition) is 9. The Hall–Kier alpha value is -4.77. The van der Waals surface area contributed by atoms with Gasteiger partial charge in [0.1, 0.15) is 0 Å². The summed E-state index contributed by atoms with van der Waals surface area (Å²) in [6.07, 6.45) is 0. The van der Waals surface area contributed by atoms with Gasteiger partial charge in [-0.2, -0.15) is 15.0 Å². The third kappa shape index (κ3) is 332. The number of nitrogen functional groups attached to an aromatic ring is 3. The second-order valence-corrected chi connectivity index (χ2v) is 4.52. The van der Waals surface area contributed by atoms with E-state index in [1.807, 2.05) is 0 Å².